The highest BCUT2D eigenvalue weighted by Gasteiger charge is 2.06. The van der Waals surface area contributed by atoms with Crippen LogP contribution in [0.15, 0.2) is 37.8 Å². The van der Waals surface area contributed by atoms with Gasteiger partial charge in [0.15, 0.2) is 5.82 Å². The Balaban J connectivity index is 2.50. The van der Waals surface area contributed by atoms with Crippen molar-refractivity contribution in [3.8, 4) is 11.4 Å². The fraction of sp³-hybridized carbons (Fsp3) is 0. The minimum atomic E-state index is 0.407. The van der Waals surface area contributed by atoms with Crippen LogP contribution in [0.4, 0.5) is 0 Å². The molecule has 0 atom stereocenters. The third-order valence-electron chi connectivity index (χ3n) is 1.88. The highest BCUT2D eigenvalue weighted by Crippen LogP contribution is 2.29. The van der Waals surface area contributed by atoms with Crippen molar-refractivity contribution in [2.75, 3.05) is 0 Å². The zero-order valence-corrected chi connectivity index (χ0v) is 13.2. The van der Waals surface area contributed by atoms with Crippen LogP contribution in [0, 0.1) is 0 Å². The fourth-order valence-electron chi connectivity index (χ4n) is 1.12. The molecule has 0 saturated heterocycles. The van der Waals surface area contributed by atoms with Gasteiger partial charge in [-0.05, 0) is 66.0 Å². The predicted molar refractivity (Wildman–Crippen MR) is 75.6 cm³/mol. The standard InChI is InChI=1S/C10H4Br3ClN2/c11-6-2-1-5(3-7(6)12)10-15-4-8(13)9(14)16-10/h1-4H. The van der Waals surface area contributed by atoms with Crippen molar-refractivity contribution in [1.29, 1.82) is 0 Å². The van der Waals surface area contributed by atoms with Crippen molar-refractivity contribution >= 4 is 59.4 Å². The number of hydrogen-bond acceptors (Lipinski definition) is 2. The number of halogens is 4. The lowest BCUT2D eigenvalue weighted by Gasteiger charge is -2.03. The summed E-state index contributed by atoms with van der Waals surface area (Å²) in [7, 11) is 0. The SMILES string of the molecule is Clc1nc(-c2ccc(Br)c(Br)c2)ncc1Br. The molecule has 0 fully saturated rings. The largest absolute Gasteiger partial charge is 0.235 e. The molecule has 1 heterocycles. The molecule has 0 aliphatic rings. The Labute approximate surface area is 123 Å². The van der Waals surface area contributed by atoms with Crippen molar-refractivity contribution in [2.24, 2.45) is 0 Å². The second kappa shape index (κ2) is 5.12. The molecule has 0 saturated carbocycles. The molecule has 16 heavy (non-hydrogen) atoms. The van der Waals surface area contributed by atoms with Crippen molar-refractivity contribution in [1.82, 2.24) is 9.97 Å². The first-order chi connectivity index (χ1) is 7.58. The van der Waals surface area contributed by atoms with Crippen LogP contribution in [0.1, 0.15) is 0 Å². The van der Waals surface area contributed by atoms with E-state index in [0.29, 0.717) is 15.5 Å². The maximum absolute atomic E-state index is 5.92. The summed E-state index contributed by atoms with van der Waals surface area (Å²) in [5.41, 5.74) is 0.907. The lowest BCUT2D eigenvalue weighted by Crippen LogP contribution is -1.89. The minimum Gasteiger partial charge on any atom is -0.235 e. The average Bonchev–Trinajstić information content (AvgIpc) is 2.26. The van der Waals surface area contributed by atoms with Crippen molar-refractivity contribution in [3.63, 3.8) is 0 Å². The van der Waals surface area contributed by atoms with Crippen LogP contribution >= 0.6 is 59.4 Å². The summed E-state index contributed by atoms with van der Waals surface area (Å²) in [6.45, 7) is 0. The van der Waals surface area contributed by atoms with Gasteiger partial charge in [0.05, 0.1) is 4.47 Å². The molecule has 2 aromatic rings. The molecule has 1 aromatic heterocycles. The van der Waals surface area contributed by atoms with Gasteiger partial charge in [-0.2, -0.15) is 0 Å². The Bertz CT molecular complexity index is 496. The van der Waals surface area contributed by atoms with E-state index in [-0.39, 0.29) is 0 Å². The third kappa shape index (κ3) is 2.64. The van der Waals surface area contributed by atoms with Gasteiger partial charge in [-0.15, -0.1) is 0 Å². The first-order valence-corrected chi connectivity index (χ1v) is 6.97. The van der Waals surface area contributed by atoms with Crippen LogP contribution in [0.5, 0.6) is 0 Å². The first kappa shape index (κ1) is 12.5. The summed E-state index contributed by atoms with van der Waals surface area (Å²) in [6.07, 6.45) is 1.64. The van der Waals surface area contributed by atoms with E-state index in [4.69, 9.17) is 11.6 Å². The third-order valence-corrected chi connectivity index (χ3v) is 4.86. The molecular formula is C10H4Br3ClN2. The lowest BCUT2D eigenvalue weighted by molar-refractivity contribution is 1.16. The molecule has 2 rings (SSSR count). The van der Waals surface area contributed by atoms with Crippen LogP contribution in [-0.2, 0) is 0 Å². The van der Waals surface area contributed by atoms with E-state index in [0.717, 1.165) is 14.5 Å². The van der Waals surface area contributed by atoms with E-state index < -0.39 is 0 Å². The lowest BCUT2D eigenvalue weighted by atomic mass is 10.2. The number of aromatic nitrogens is 2. The highest BCUT2D eigenvalue weighted by molar-refractivity contribution is 9.13. The molecular weight excluding hydrogens is 423 g/mol. The van der Waals surface area contributed by atoms with E-state index in [1.165, 1.54) is 0 Å². The molecule has 0 radical (unpaired) electrons. The van der Waals surface area contributed by atoms with Gasteiger partial charge in [-0.25, -0.2) is 9.97 Å². The van der Waals surface area contributed by atoms with Gasteiger partial charge < -0.3 is 0 Å². The topological polar surface area (TPSA) is 25.8 Å². The van der Waals surface area contributed by atoms with Crippen LogP contribution in [0.2, 0.25) is 5.15 Å². The molecule has 6 heteroatoms. The zero-order chi connectivity index (χ0) is 11.7. The molecule has 0 amide bonds. The second-order valence-corrected chi connectivity index (χ2v) is 5.88. The van der Waals surface area contributed by atoms with Crippen LogP contribution < -0.4 is 0 Å². The number of benzene rings is 1. The highest BCUT2D eigenvalue weighted by atomic mass is 79.9. The van der Waals surface area contributed by atoms with Gasteiger partial charge in [-0.3, -0.25) is 0 Å². The minimum absolute atomic E-state index is 0.407. The van der Waals surface area contributed by atoms with Gasteiger partial charge in [0.1, 0.15) is 5.15 Å². The Kier molecular flexibility index (Phi) is 4.00. The van der Waals surface area contributed by atoms with Gasteiger partial charge in [0.25, 0.3) is 0 Å². The summed E-state index contributed by atoms with van der Waals surface area (Å²) in [5.74, 6) is 0.599. The Hall–Kier alpha value is 0.0300. The van der Waals surface area contributed by atoms with E-state index in [1.807, 2.05) is 18.2 Å². The molecule has 0 spiro atoms. The van der Waals surface area contributed by atoms with Crippen LogP contribution in [0.25, 0.3) is 11.4 Å². The van der Waals surface area contributed by atoms with Crippen LogP contribution in [-0.4, -0.2) is 9.97 Å². The number of nitrogens with zero attached hydrogens (tertiary/aromatic N) is 2. The second-order valence-electron chi connectivity index (χ2n) is 2.96. The molecule has 2 nitrogen and oxygen atoms in total. The smallest absolute Gasteiger partial charge is 0.160 e. The molecule has 1 aromatic carbocycles. The molecule has 0 N–H and O–H groups in total. The normalized spacial score (nSPS) is 10.5. The molecule has 0 aliphatic heterocycles. The van der Waals surface area contributed by atoms with E-state index in [2.05, 4.69) is 57.8 Å². The fourth-order valence-corrected chi connectivity index (χ4v) is 2.07. The molecule has 0 unspecified atom stereocenters. The van der Waals surface area contributed by atoms with E-state index in [1.54, 1.807) is 6.20 Å². The van der Waals surface area contributed by atoms with Gasteiger partial charge in [0, 0.05) is 20.7 Å². The van der Waals surface area contributed by atoms with E-state index in [9.17, 15) is 0 Å². The summed E-state index contributed by atoms with van der Waals surface area (Å²) < 4.78 is 2.63. The van der Waals surface area contributed by atoms with Crippen molar-refractivity contribution in [2.45, 2.75) is 0 Å². The monoisotopic (exact) mass is 424 g/mol. The average molecular weight is 427 g/mol. The Morgan fingerprint density at radius 1 is 1.00 bits per heavy atom. The number of hydrogen-bond donors (Lipinski definition) is 0. The number of rotatable bonds is 1. The van der Waals surface area contributed by atoms with Gasteiger partial charge in [0.2, 0.25) is 0 Å². The van der Waals surface area contributed by atoms with Gasteiger partial charge >= 0.3 is 0 Å². The van der Waals surface area contributed by atoms with Crippen molar-refractivity contribution < 1.29 is 0 Å². The molecule has 82 valence electrons. The zero-order valence-electron chi connectivity index (χ0n) is 7.72. The Morgan fingerprint density at radius 3 is 2.38 bits per heavy atom. The van der Waals surface area contributed by atoms with Crippen molar-refractivity contribution in [3.05, 3.63) is 43.0 Å². The maximum atomic E-state index is 5.92. The summed E-state index contributed by atoms with van der Waals surface area (Å²) >= 11 is 16.0. The van der Waals surface area contributed by atoms with E-state index >= 15 is 0 Å². The summed E-state index contributed by atoms with van der Waals surface area (Å²) in [5, 5.41) is 0.407. The summed E-state index contributed by atoms with van der Waals surface area (Å²) in [4.78, 5) is 8.39. The molecule has 0 aliphatic carbocycles. The quantitative estimate of drug-likeness (QED) is 0.593. The maximum Gasteiger partial charge on any atom is 0.160 e. The molecule has 0 bridgehead atoms. The first-order valence-electron chi connectivity index (χ1n) is 4.21. The van der Waals surface area contributed by atoms with Crippen LogP contribution in [0.3, 0.4) is 0 Å². The predicted octanol–water partition coefficient (Wildman–Crippen LogP) is 5.08. The van der Waals surface area contributed by atoms with Gasteiger partial charge in [-0.1, -0.05) is 11.6 Å². The Morgan fingerprint density at radius 2 is 1.75 bits per heavy atom. The summed E-state index contributed by atoms with van der Waals surface area (Å²) in [6, 6.07) is 5.79.